The van der Waals surface area contributed by atoms with Crippen molar-refractivity contribution in [3.8, 4) is 0 Å². The molecule has 0 saturated heterocycles. The van der Waals surface area contributed by atoms with Crippen molar-refractivity contribution in [2.45, 2.75) is 66.2 Å². The fraction of sp³-hybridized carbons (Fsp3) is 0.407. The van der Waals surface area contributed by atoms with Gasteiger partial charge < -0.3 is 15.2 Å². The van der Waals surface area contributed by atoms with Gasteiger partial charge in [0.05, 0.1) is 11.8 Å². The van der Waals surface area contributed by atoms with Crippen molar-refractivity contribution in [1.29, 1.82) is 0 Å². The van der Waals surface area contributed by atoms with Gasteiger partial charge in [-0.15, -0.1) is 10.2 Å². The number of amides is 2. The lowest BCUT2D eigenvalue weighted by Crippen LogP contribution is -2.33. The van der Waals surface area contributed by atoms with Gasteiger partial charge in [0.25, 0.3) is 5.91 Å². The summed E-state index contributed by atoms with van der Waals surface area (Å²) in [7, 11) is 0. The van der Waals surface area contributed by atoms with E-state index in [1.807, 2.05) is 77.3 Å². The summed E-state index contributed by atoms with van der Waals surface area (Å²) in [5.41, 5.74) is 5.83. The van der Waals surface area contributed by atoms with Gasteiger partial charge in [0.15, 0.2) is 11.0 Å². The number of thioether (sulfide) groups is 1. The molecule has 0 saturated carbocycles. The molecular formula is C27H35N5O2S. The number of benzene rings is 2. The first-order valence-electron chi connectivity index (χ1n) is 11.9. The summed E-state index contributed by atoms with van der Waals surface area (Å²) in [6.45, 7) is 14.8. The van der Waals surface area contributed by atoms with Crippen LogP contribution in [0.5, 0.6) is 0 Å². The maximum Gasteiger partial charge on any atom is 0.251 e. The monoisotopic (exact) mass is 493 g/mol. The van der Waals surface area contributed by atoms with Gasteiger partial charge in [-0.3, -0.25) is 9.59 Å². The van der Waals surface area contributed by atoms with Gasteiger partial charge in [0.1, 0.15) is 0 Å². The Bertz CT molecular complexity index is 1180. The molecule has 35 heavy (non-hydrogen) atoms. The molecule has 3 aromatic rings. The Balaban J connectivity index is 1.72. The van der Waals surface area contributed by atoms with Crippen molar-refractivity contribution >= 4 is 29.3 Å². The predicted octanol–water partition coefficient (Wildman–Crippen LogP) is 5.39. The van der Waals surface area contributed by atoms with E-state index in [9.17, 15) is 9.59 Å². The average molecular weight is 494 g/mol. The minimum Gasteiger partial charge on any atom is -0.342 e. The van der Waals surface area contributed by atoms with Crippen molar-refractivity contribution in [2.24, 2.45) is 5.92 Å². The molecule has 2 amide bonds. The number of anilines is 1. The zero-order valence-electron chi connectivity index (χ0n) is 21.6. The van der Waals surface area contributed by atoms with E-state index in [0.29, 0.717) is 23.1 Å². The van der Waals surface area contributed by atoms with Crippen LogP contribution in [-0.2, 0) is 11.3 Å². The second-order valence-corrected chi connectivity index (χ2v) is 10.2. The third-order valence-corrected chi connectivity index (χ3v) is 6.85. The largest absolute Gasteiger partial charge is 0.342 e. The first-order chi connectivity index (χ1) is 16.6. The molecule has 0 unspecified atom stereocenters. The molecule has 2 N–H and O–H groups in total. The third kappa shape index (κ3) is 6.51. The molecule has 0 aliphatic carbocycles. The molecule has 0 bridgehead atoms. The first kappa shape index (κ1) is 26.5. The topological polar surface area (TPSA) is 88.9 Å². The molecule has 7 nitrogen and oxygen atoms in total. The molecule has 1 aromatic heterocycles. The van der Waals surface area contributed by atoms with Gasteiger partial charge in [0, 0.05) is 17.8 Å². The Morgan fingerprint density at radius 1 is 0.971 bits per heavy atom. The summed E-state index contributed by atoms with van der Waals surface area (Å²) in [5, 5.41) is 15.6. The second kappa shape index (κ2) is 11.5. The van der Waals surface area contributed by atoms with Crippen LogP contribution in [0.15, 0.2) is 41.6 Å². The highest BCUT2D eigenvalue weighted by Gasteiger charge is 2.26. The standard InChI is InChI=1S/C27H35N5O2S/c1-8-32-25(23(16(2)3)29-26(34)21-11-9-17(4)10-12-21)30-31-27(32)35-15-22(33)28-24-19(6)13-18(5)14-20(24)7/h9-14,16,23H,8,15H2,1-7H3,(H,28,33)(H,29,34)/t23-/m0/s1. The number of hydrogen-bond acceptors (Lipinski definition) is 5. The average Bonchev–Trinajstić information content (AvgIpc) is 3.21. The van der Waals surface area contributed by atoms with Crippen molar-refractivity contribution in [1.82, 2.24) is 20.1 Å². The Labute approximate surface area is 212 Å². The van der Waals surface area contributed by atoms with Crippen LogP contribution in [0.3, 0.4) is 0 Å². The predicted molar refractivity (Wildman–Crippen MR) is 142 cm³/mol. The smallest absolute Gasteiger partial charge is 0.251 e. The summed E-state index contributed by atoms with van der Waals surface area (Å²) in [5.74, 6) is 0.771. The highest BCUT2D eigenvalue weighted by Crippen LogP contribution is 2.27. The minimum atomic E-state index is -0.308. The Hall–Kier alpha value is -3.13. The Morgan fingerprint density at radius 2 is 1.60 bits per heavy atom. The lowest BCUT2D eigenvalue weighted by molar-refractivity contribution is -0.113. The number of hydrogen-bond donors (Lipinski definition) is 2. The van der Waals surface area contributed by atoms with Crippen molar-refractivity contribution < 1.29 is 9.59 Å². The van der Waals surface area contributed by atoms with Crippen LogP contribution >= 0.6 is 11.8 Å². The molecule has 1 atom stereocenters. The maximum absolute atomic E-state index is 12.9. The van der Waals surface area contributed by atoms with E-state index >= 15 is 0 Å². The molecule has 0 spiro atoms. The number of carbonyl (C=O) groups is 2. The van der Waals surface area contributed by atoms with Gasteiger partial charge in [-0.2, -0.15) is 0 Å². The van der Waals surface area contributed by atoms with Gasteiger partial charge in [0.2, 0.25) is 5.91 Å². The molecule has 0 fully saturated rings. The molecule has 2 aromatic carbocycles. The fourth-order valence-corrected chi connectivity index (χ4v) is 4.89. The Morgan fingerprint density at radius 3 is 2.17 bits per heavy atom. The Kier molecular flexibility index (Phi) is 8.72. The lowest BCUT2D eigenvalue weighted by atomic mass is 10.0. The molecule has 0 aliphatic rings. The quantitative estimate of drug-likeness (QED) is 0.390. The molecular weight excluding hydrogens is 458 g/mol. The van der Waals surface area contributed by atoms with E-state index < -0.39 is 0 Å². The number of aryl methyl sites for hydroxylation is 4. The van der Waals surface area contributed by atoms with Gasteiger partial charge >= 0.3 is 0 Å². The first-order valence-corrected chi connectivity index (χ1v) is 12.9. The SMILES string of the molecule is CCn1c(SCC(=O)Nc2c(C)cc(C)cc2C)nnc1[C@@H](NC(=O)c1ccc(C)cc1)C(C)C. The van der Waals surface area contributed by atoms with E-state index in [0.717, 1.165) is 22.4 Å². The molecule has 8 heteroatoms. The van der Waals surface area contributed by atoms with Crippen molar-refractivity contribution in [2.75, 3.05) is 11.1 Å². The van der Waals surface area contributed by atoms with Crippen molar-refractivity contribution in [3.05, 3.63) is 70.0 Å². The number of nitrogens with zero attached hydrogens (tertiary/aromatic N) is 3. The summed E-state index contributed by atoms with van der Waals surface area (Å²) in [4.78, 5) is 25.6. The summed E-state index contributed by atoms with van der Waals surface area (Å²) >= 11 is 1.35. The van der Waals surface area contributed by atoms with Crippen LogP contribution in [0.1, 0.15) is 65.2 Å². The summed E-state index contributed by atoms with van der Waals surface area (Å²) in [6, 6.07) is 11.3. The van der Waals surface area contributed by atoms with Crippen LogP contribution < -0.4 is 10.6 Å². The van der Waals surface area contributed by atoms with E-state index in [1.165, 1.54) is 17.3 Å². The van der Waals surface area contributed by atoms with E-state index in [4.69, 9.17) is 0 Å². The van der Waals surface area contributed by atoms with Crippen LogP contribution in [0.4, 0.5) is 5.69 Å². The normalized spacial score (nSPS) is 12.0. The molecule has 1 heterocycles. The summed E-state index contributed by atoms with van der Waals surface area (Å²) in [6.07, 6.45) is 0. The van der Waals surface area contributed by atoms with E-state index in [-0.39, 0.29) is 29.5 Å². The molecule has 0 aliphatic heterocycles. The van der Waals surface area contributed by atoms with Crippen molar-refractivity contribution in [3.63, 3.8) is 0 Å². The number of carbonyl (C=O) groups excluding carboxylic acids is 2. The third-order valence-electron chi connectivity index (χ3n) is 5.88. The maximum atomic E-state index is 12.9. The van der Waals surface area contributed by atoms with Crippen LogP contribution in [0, 0.1) is 33.6 Å². The number of aromatic nitrogens is 3. The summed E-state index contributed by atoms with van der Waals surface area (Å²) < 4.78 is 1.97. The highest BCUT2D eigenvalue weighted by atomic mass is 32.2. The second-order valence-electron chi connectivity index (χ2n) is 9.26. The van der Waals surface area contributed by atoms with E-state index in [1.54, 1.807) is 0 Å². The van der Waals surface area contributed by atoms with Crippen LogP contribution in [0.2, 0.25) is 0 Å². The van der Waals surface area contributed by atoms with Gasteiger partial charge in [-0.05, 0) is 63.8 Å². The molecule has 0 radical (unpaired) electrons. The number of rotatable bonds is 9. The molecule has 3 rings (SSSR count). The van der Waals surface area contributed by atoms with Gasteiger partial charge in [-0.25, -0.2) is 0 Å². The van der Waals surface area contributed by atoms with E-state index in [2.05, 4.69) is 33.0 Å². The zero-order valence-corrected chi connectivity index (χ0v) is 22.4. The lowest BCUT2D eigenvalue weighted by Gasteiger charge is -2.22. The van der Waals surface area contributed by atoms with Crippen LogP contribution in [-0.4, -0.2) is 32.3 Å². The zero-order chi connectivity index (χ0) is 25.7. The molecule has 186 valence electrons. The minimum absolute atomic E-state index is 0.0923. The van der Waals surface area contributed by atoms with Crippen LogP contribution in [0.25, 0.3) is 0 Å². The number of nitrogens with one attached hydrogen (secondary N) is 2. The fourth-order valence-electron chi connectivity index (χ4n) is 4.08. The van der Waals surface area contributed by atoms with Gasteiger partial charge in [-0.1, -0.05) is 61.0 Å². The highest BCUT2D eigenvalue weighted by molar-refractivity contribution is 7.99.